The number of benzene rings is 2. The summed E-state index contributed by atoms with van der Waals surface area (Å²) in [5.74, 6) is -1.79. The average molecular weight is 352 g/mol. The lowest BCUT2D eigenvalue weighted by Crippen LogP contribution is -2.47. The Kier molecular flexibility index (Phi) is 5.31. The Hall–Kier alpha value is -3.15. The molecule has 0 spiro atoms. The van der Waals surface area contributed by atoms with E-state index in [0.29, 0.717) is 30.5 Å². The summed E-state index contributed by atoms with van der Waals surface area (Å²) in [6.45, 7) is 0.375. The zero-order chi connectivity index (χ0) is 18.5. The van der Waals surface area contributed by atoms with E-state index in [2.05, 4.69) is 5.32 Å². The van der Waals surface area contributed by atoms with E-state index in [0.717, 1.165) is 0 Å². The average Bonchev–Trinajstić information content (AvgIpc) is 3.17. The molecule has 6 nitrogen and oxygen atoms in total. The molecule has 2 aromatic rings. The number of likely N-dealkylation sites (tertiary alicyclic amines) is 1. The van der Waals surface area contributed by atoms with Crippen LogP contribution in [0.25, 0.3) is 0 Å². The second kappa shape index (κ2) is 7.82. The van der Waals surface area contributed by atoms with Crippen molar-refractivity contribution in [1.82, 2.24) is 10.2 Å². The van der Waals surface area contributed by atoms with Gasteiger partial charge in [-0.2, -0.15) is 0 Å². The van der Waals surface area contributed by atoms with Crippen molar-refractivity contribution in [2.75, 3.05) is 6.54 Å². The molecule has 0 radical (unpaired) electrons. The Morgan fingerprint density at radius 1 is 1.00 bits per heavy atom. The van der Waals surface area contributed by atoms with E-state index in [1.54, 1.807) is 54.6 Å². The standard InChI is InChI=1S/C20H20N2O4/c23-18(15-10-5-2-6-11-15)21-17(14-8-3-1-4-9-14)19(24)22-13-7-12-16(22)20(25)26/h1-6,8-11,16-17H,7,12-13H2,(H,21,23)(H,25,26)/t16-,17+/m0/s1. The van der Waals surface area contributed by atoms with Crippen LogP contribution in [0.1, 0.15) is 34.8 Å². The van der Waals surface area contributed by atoms with Crippen molar-refractivity contribution in [2.45, 2.75) is 24.9 Å². The van der Waals surface area contributed by atoms with E-state index >= 15 is 0 Å². The summed E-state index contributed by atoms with van der Waals surface area (Å²) >= 11 is 0. The highest BCUT2D eigenvalue weighted by atomic mass is 16.4. The number of carbonyl (C=O) groups is 3. The predicted octanol–water partition coefficient (Wildman–Crippen LogP) is 2.23. The zero-order valence-electron chi connectivity index (χ0n) is 14.2. The summed E-state index contributed by atoms with van der Waals surface area (Å²) in [6.07, 6.45) is 1.06. The molecule has 1 heterocycles. The molecule has 0 aromatic heterocycles. The van der Waals surface area contributed by atoms with Gasteiger partial charge in [0.25, 0.3) is 11.8 Å². The number of aliphatic carboxylic acids is 1. The van der Waals surface area contributed by atoms with Gasteiger partial charge in [0.05, 0.1) is 0 Å². The van der Waals surface area contributed by atoms with Crippen LogP contribution in [0.4, 0.5) is 0 Å². The number of nitrogens with one attached hydrogen (secondary N) is 1. The number of hydrogen-bond acceptors (Lipinski definition) is 3. The highest BCUT2D eigenvalue weighted by Crippen LogP contribution is 2.24. The predicted molar refractivity (Wildman–Crippen MR) is 95.5 cm³/mol. The molecule has 0 unspecified atom stereocenters. The first-order valence-corrected chi connectivity index (χ1v) is 8.52. The van der Waals surface area contributed by atoms with Gasteiger partial charge in [0.1, 0.15) is 12.1 Å². The lowest BCUT2D eigenvalue weighted by molar-refractivity contribution is -0.149. The van der Waals surface area contributed by atoms with Crippen LogP contribution in [0.5, 0.6) is 0 Å². The molecule has 1 aliphatic rings. The number of rotatable bonds is 5. The van der Waals surface area contributed by atoms with Gasteiger partial charge < -0.3 is 15.3 Å². The molecule has 2 atom stereocenters. The fraction of sp³-hybridized carbons (Fsp3) is 0.250. The second-order valence-electron chi connectivity index (χ2n) is 6.21. The zero-order valence-corrected chi connectivity index (χ0v) is 14.2. The lowest BCUT2D eigenvalue weighted by atomic mass is 10.0. The summed E-state index contributed by atoms with van der Waals surface area (Å²) in [7, 11) is 0. The summed E-state index contributed by atoms with van der Waals surface area (Å²) in [4.78, 5) is 38.4. The van der Waals surface area contributed by atoms with Gasteiger partial charge >= 0.3 is 5.97 Å². The van der Waals surface area contributed by atoms with Crippen LogP contribution in [-0.2, 0) is 9.59 Å². The number of amides is 2. The van der Waals surface area contributed by atoms with Crippen molar-refractivity contribution in [1.29, 1.82) is 0 Å². The SMILES string of the molecule is O=C(N[C@@H](C(=O)N1CCC[C@H]1C(=O)O)c1ccccc1)c1ccccc1. The molecule has 3 rings (SSSR count). The molecule has 1 aliphatic heterocycles. The second-order valence-corrected chi connectivity index (χ2v) is 6.21. The first kappa shape index (κ1) is 17.7. The first-order valence-electron chi connectivity index (χ1n) is 8.52. The summed E-state index contributed by atoms with van der Waals surface area (Å²) in [5.41, 5.74) is 1.07. The normalized spacial score (nSPS) is 17.5. The highest BCUT2D eigenvalue weighted by Gasteiger charge is 2.38. The van der Waals surface area contributed by atoms with Crippen molar-refractivity contribution in [2.24, 2.45) is 0 Å². The Morgan fingerprint density at radius 3 is 2.23 bits per heavy atom. The van der Waals surface area contributed by atoms with E-state index in [4.69, 9.17) is 0 Å². The smallest absolute Gasteiger partial charge is 0.326 e. The Morgan fingerprint density at radius 2 is 1.62 bits per heavy atom. The Bertz CT molecular complexity index is 792. The van der Waals surface area contributed by atoms with Gasteiger partial charge in [-0.15, -0.1) is 0 Å². The minimum absolute atomic E-state index is 0.375. The number of carboxylic acid groups (broad SMARTS) is 1. The number of nitrogens with zero attached hydrogens (tertiary/aromatic N) is 1. The molecular weight excluding hydrogens is 332 g/mol. The summed E-state index contributed by atoms with van der Waals surface area (Å²) in [6, 6.07) is 15.7. The number of carbonyl (C=O) groups excluding carboxylic acids is 2. The van der Waals surface area contributed by atoms with Crippen molar-refractivity contribution in [3.8, 4) is 0 Å². The fourth-order valence-corrected chi connectivity index (χ4v) is 3.19. The fourth-order valence-electron chi connectivity index (χ4n) is 3.19. The van der Waals surface area contributed by atoms with Crippen molar-refractivity contribution < 1.29 is 19.5 Å². The molecule has 0 bridgehead atoms. The van der Waals surface area contributed by atoms with Crippen molar-refractivity contribution in [3.05, 3.63) is 71.8 Å². The monoisotopic (exact) mass is 352 g/mol. The van der Waals surface area contributed by atoms with Gasteiger partial charge in [-0.3, -0.25) is 9.59 Å². The molecule has 0 saturated carbocycles. The molecule has 0 aliphatic carbocycles. The minimum Gasteiger partial charge on any atom is -0.480 e. The maximum absolute atomic E-state index is 13.1. The van der Waals surface area contributed by atoms with E-state index in [1.807, 2.05) is 6.07 Å². The van der Waals surface area contributed by atoms with Crippen LogP contribution in [0.2, 0.25) is 0 Å². The number of carboxylic acids is 1. The van der Waals surface area contributed by atoms with Crippen LogP contribution in [0.15, 0.2) is 60.7 Å². The van der Waals surface area contributed by atoms with Crippen molar-refractivity contribution in [3.63, 3.8) is 0 Å². The van der Waals surface area contributed by atoms with E-state index in [9.17, 15) is 19.5 Å². The van der Waals surface area contributed by atoms with Crippen LogP contribution in [0, 0.1) is 0 Å². The maximum Gasteiger partial charge on any atom is 0.326 e. The lowest BCUT2D eigenvalue weighted by Gasteiger charge is -2.27. The van der Waals surface area contributed by atoms with E-state index < -0.39 is 24.0 Å². The maximum atomic E-state index is 13.1. The quantitative estimate of drug-likeness (QED) is 0.864. The molecule has 2 amide bonds. The third-order valence-electron chi connectivity index (χ3n) is 4.51. The van der Waals surface area contributed by atoms with Gasteiger partial charge in [-0.25, -0.2) is 4.79 Å². The highest BCUT2D eigenvalue weighted by molar-refractivity contribution is 5.98. The van der Waals surface area contributed by atoms with E-state index in [1.165, 1.54) is 4.90 Å². The third-order valence-corrected chi connectivity index (χ3v) is 4.51. The van der Waals surface area contributed by atoms with E-state index in [-0.39, 0.29) is 5.91 Å². The van der Waals surface area contributed by atoms with Gasteiger partial charge in [0, 0.05) is 12.1 Å². The van der Waals surface area contributed by atoms with Crippen LogP contribution >= 0.6 is 0 Å². The van der Waals surface area contributed by atoms with Gasteiger partial charge in [-0.1, -0.05) is 48.5 Å². The van der Waals surface area contributed by atoms with Crippen LogP contribution in [0.3, 0.4) is 0 Å². The topological polar surface area (TPSA) is 86.7 Å². The van der Waals surface area contributed by atoms with Gasteiger partial charge in [0.2, 0.25) is 0 Å². The van der Waals surface area contributed by atoms with Crippen LogP contribution in [-0.4, -0.2) is 40.4 Å². The van der Waals surface area contributed by atoms with Gasteiger partial charge in [0.15, 0.2) is 0 Å². The largest absolute Gasteiger partial charge is 0.480 e. The number of hydrogen-bond donors (Lipinski definition) is 2. The molecular formula is C20H20N2O4. The molecule has 6 heteroatoms. The Balaban J connectivity index is 1.88. The minimum atomic E-state index is -1.02. The van der Waals surface area contributed by atoms with Gasteiger partial charge in [-0.05, 0) is 30.5 Å². The first-order chi connectivity index (χ1) is 12.6. The molecule has 1 saturated heterocycles. The molecule has 2 aromatic carbocycles. The Labute approximate surface area is 151 Å². The van der Waals surface area contributed by atoms with Crippen molar-refractivity contribution >= 4 is 17.8 Å². The third kappa shape index (κ3) is 3.74. The molecule has 2 N–H and O–H groups in total. The molecule has 26 heavy (non-hydrogen) atoms. The summed E-state index contributed by atoms with van der Waals surface area (Å²) < 4.78 is 0. The van der Waals surface area contributed by atoms with Crippen LogP contribution < -0.4 is 5.32 Å². The molecule has 1 fully saturated rings. The molecule has 134 valence electrons. The summed E-state index contributed by atoms with van der Waals surface area (Å²) in [5, 5.41) is 12.1.